The number of aliphatic carboxylic acids is 2. The molecule has 69 heavy (non-hydrogen) atoms. The molecule has 7 unspecified atom stereocenters. The third kappa shape index (κ3) is 29.1. The van der Waals surface area contributed by atoms with E-state index in [4.69, 9.17) is 50.0 Å². The normalized spacial score (nSPS) is 15.5. The van der Waals surface area contributed by atoms with Crippen LogP contribution in [0.15, 0.2) is 15.0 Å². The van der Waals surface area contributed by atoms with Crippen molar-refractivity contribution in [2.75, 3.05) is 32.7 Å². The van der Waals surface area contributed by atoms with Crippen molar-refractivity contribution in [2.45, 2.75) is 154 Å². The van der Waals surface area contributed by atoms with Gasteiger partial charge >= 0.3 is 5.97 Å². The van der Waals surface area contributed by atoms with Crippen LogP contribution < -0.4 is 77.4 Å². The largest absolute Gasteiger partial charge is 0.481 e. The molecule has 0 radical (unpaired) electrons. The Hall–Kier alpha value is -6.51. The van der Waals surface area contributed by atoms with Gasteiger partial charge in [0, 0.05) is 26.6 Å². The zero-order chi connectivity index (χ0) is 52.6. The molecule has 1 heterocycles. The average Bonchev–Trinajstić information content (AvgIpc) is 3.80. The number of carbonyl (C=O) groups is 8. The van der Waals surface area contributed by atoms with Gasteiger partial charge in [0.2, 0.25) is 35.4 Å². The molecule has 1 rings (SSSR count). The number of aliphatic imine (C=N–C) groups is 3. The highest BCUT2D eigenvalue weighted by Gasteiger charge is 2.35. The zero-order valence-electron chi connectivity index (χ0n) is 40.8. The molecule has 27 nitrogen and oxygen atoms in total. The maximum absolute atomic E-state index is 14.1. The molecule has 1 aliphatic rings. The number of amides is 6. The number of rotatable bonds is 32. The summed E-state index contributed by atoms with van der Waals surface area (Å²) in [6.07, 6.45) is 3.54. The molecule has 27 heteroatoms. The van der Waals surface area contributed by atoms with Crippen LogP contribution in [0.25, 0.3) is 0 Å². The van der Waals surface area contributed by atoms with Gasteiger partial charge in [-0.1, -0.05) is 27.7 Å². The van der Waals surface area contributed by atoms with Gasteiger partial charge in [0.05, 0.1) is 6.04 Å². The highest BCUT2D eigenvalue weighted by molar-refractivity contribution is 5.97. The molecule has 0 spiro atoms. The minimum atomic E-state index is -1.27. The number of guanidine groups is 3. The molecule has 1 saturated heterocycles. The van der Waals surface area contributed by atoms with Crippen molar-refractivity contribution in [3.63, 3.8) is 0 Å². The molecule has 0 aromatic heterocycles. The Bertz CT molecular complexity index is 1720. The van der Waals surface area contributed by atoms with Gasteiger partial charge in [0.25, 0.3) is 5.97 Å². The van der Waals surface area contributed by atoms with Crippen molar-refractivity contribution in [3.05, 3.63) is 0 Å². The Balaban J connectivity index is 0.0000111. The Morgan fingerprint density at radius 2 is 0.957 bits per heavy atom. The van der Waals surface area contributed by atoms with Gasteiger partial charge in [-0.3, -0.25) is 48.5 Å². The molecule has 7 atom stereocenters. The SMILES string of the molecule is CC(=O)O.CC(C)CC(NC(=O)C(CCCN=C(N)N)NC(=O)C(NC(=O)C(CCCN=C(N)N)NC(=O)C(CCCN=C(N)N)NC(=O)C1CCCN1)C(C)C)C(=O)NC(CCCCN)C(=O)O. The number of nitrogens with one attached hydrogen (secondary N) is 7. The van der Waals surface area contributed by atoms with Crippen molar-refractivity contribution in [3.8, 4) is 0 Å². The maximum atomic E-state index is 14.1. The summed E-state index contributed by atoms with van der Waals surface area (Å²) in [6, 6.07) is -7.74. The molecule has 394 valence electrons. The van der Waals surface area contributed by atoms with E-state index in [1.54, 1.807) is 13.8 Å². The topological polar surface area (TPSA) is 480 Å². The lowest BCUT2D eigenvalue weighted by atomic mass is 9.99. The minimum Gasteiger partial charge on any atom is -0.481 e. The fourth-order valence-electron chi connectivity index (χ4n) is 6.82. The van der Waals surface area contributed by atoms with E-state index < -0.39 is 89.7 Å². The molecule has 6 amide bonds. The van der Waals surface area contributed by atoms with E-state index in [-0.39, 0.29) is 94.3 Å². The van der Waals surface area contributed by atoms with E-state index in [2.05, 4.69) is 52.2 Å². The Labute approximate surface area is 403 Å². The molecule has 0 aliphatic carbocycles. The van der Waals surface area contributed by atoms with Gasteiger partial charge in [-0.15, -0.1) is 0 Å². The molecule has 1 fully saturated rings. The van der Waals surface area contributed by atoms with Gasteiger partial charge < -0.3 is 87.6 Å². The lowest BCUT2D eigenvalue weighted by Gasteiger charge is -2.29. The van der Waals surface area contributed by atoms with Gasteiger partial charge in [0.15, 0.2) is 17.9 Å². The molecule has 23 N–H and O–H groups in total. The quantitative estimate of drug-likeness (QED) is 0.0173. The fraction of sp³-hybridized carbons (Fsp3) is 0.738. The van der Waals surface area contributed by atoms with E-state index in [1.165, 1.54) is 0 Å². The van der Waals surface area contributed by atoms with Gasteiger partial charge in [-0.05, 0) is 102 Å². The van der Waals surface area contributed by atoms with Gasteiger partial charge in [-0.25, -0.2) is 4.79 Å². The van der Waals surface area contributed by atoms with Crippen LogP contribution in [0.2, 0.25) is 0 Å². The van der Waals surface area contributed by atoms with E-state index >= 15 is 0 Å². The highest BCUT2D eigenvalue weighted by Crippen LogP contribution is 2.12. The van der Waals surface area contributed by atoms with Crippen molar-refractivity contribution >= 4 is 65.3 Å². The van der Waals surface area contributed by atoms with Crippen molar-refractivity contribution in [1.82, 2.24) is 37.2 Å². The van der Waals surface area contributed by atoms with E-state index in [0.717, 1.165) is 13.3 Å². The Morgan fingerprint density at radius 1 is 0.565 bits per heavy atom. The second-order valence-electron chi connectivity index (χ2n) is 17.3. The molecule has 0 aromatic carbocycles. The third-order valence-corrected chi connectivity index (χ3v) is 10.3. The summed E-state index contributed by atoms with van der Waals surface area (Å²) in [4.78, 5) is 116. The summed E-state index contributed by atoms with van der Waals surface area (Å²) in [5.74, 6) is -7.27. The first kappa shape index (κ1) is 62.5. The third-order valence-electron chi connectivity index (χ3n) is 10.3. The van der Waals surface area contributed by atoms with Crippen molar-refractivity contribution in [2.24, 2.45) is 66.9 Å². The second kappa shape index (κ2) is 34.7. The Morgan fingerprint density at radius 3 is 1.35 bits per heavy atom. The summed E-state index contributed by atoms with van der Waals surface area (Å²) < 4.78 is 0. The summed E-state index contributed by atoms with van der Waals surface area (Å²) in [5, 5.41) is 36.4. The molecule has 0 bridgehead atoms. The molecule has 0 aromatic rings. The van der Waals surface area contributed by atoms with Crippen LogP contribution in [0.1, 0.15) is 112 Å². The number of nitrogens with zero attached hydrogens (tertiary/aromatic N) is 3. The number of hydrogen-bond acceptors (Lipinski definition) is 13. The predicted molar refractivity (Wildman–Crippen MR) is 260 cm³/mol. The lowest BCUT2D eigenvalue weighted by Crippen LogP contribution is -2.60. The minimum absolute atomic E-state index is 0.00385. The van der Waals surface area contributed by atoms with Crippen LogP contribution in [0, 0.1) is 11.8 Å². The molecular formula is C42H81N17O10. The van der Waals surface area contributed by atoms with E-state index in [9.17, 15) is 38.7 Å². The van der Waals surface area contributed by atoms with E-state index in [1.807, 2.05) is 13.8 Å². The number of carboxylic acid groups (broad SMARTS) is 2. The van der Waals surface area contributed by atoms with Gasteiger partial charge in [0.1, 0.15) is 36.3 Å². The molecular weight excluding hydrogens is 903 g/mol. The van der Waals surface area contributed by atoms with Crippen molar-refractivity contribution < 1.29 is 48.6 Å². The number of nitrogens with two attached hydrogens (primary N) is 7. The summed E-state index contributed by atoms with van der Waals surface area (Å²) >= 11 is 0. The summed E-state index contributed by atoms with van der Waals surface area (Å²) in [7, 11) is 0. The average molecular weight is 984 g/mol. The zero-order valence-corrected chi connectivity index (χ0v) is 40.8. The summed E-state index contributed by atoms with van der Waals surface area (Å²) in [6.45, 7) is 9.44. The predicted octanol–water partition coefficient (Wildman–Crippen LogP) is -4.19. The van der Waals surface area contributed by atoms with E-state index in [0.29, 0.717) is 38.8 Å². The molecule has 1 aliphatic heterocycles. The Kier molecular flexibility index (Phi) is 31.5. The number of carboxylic acids is 2. The van der Waals surface area contributed by atoms with Crippen LogP contribution in [0.4, 0.5) is 0 Å². The summed E-state index contributed by atoms with van der Waals surface area (Å²) in [5.41, 5.74) is 38.4. The van der Waals surface area contributed by atoms with Crippen LogP contribution in [0.5, 0.6) is 0 Å². The standard InChI is InChI=1S/C40H77N17O8.C2H4O2/c1-22(2)21-29(35(62)55-28(37(64)65)11-5-6-16-41)56-33(60)26(14-9-19-50-39(44)45)54-36(63)30(23(3)4)57-34(61)27(15-10-20-51-40(46)47)53-32(59)25(13-8-18-49-38(42)43)52-31(58)24-12-7-17-48-24;1-2(3)4/h22-30,48H,5-21,41H2,1-4H3,(H,52,58)(H,53,59)(H,54,63)(H,55,62)(H,56,60)(H,57,61)(H,64,65)(H4,42,43,49)(H4,44,45,50)(H4,46,47,51);1H3,(H,3,4). The fourth-order valence-corrected chi connectivity index (χ4v) is 6.82. The van der Waals surface area contributed by atoms with Crippen LogP contribution in [-0.4, -0.2) is 150 Å². The first-order valence-electron chi connectivity index (χ1n) is 23.2. The second-order valence-corrected chi connectivity index (χ2v) is 17.3. The monoisotopic (exact) mass is 984 g/mol. The maximum Gasteiger partial charge on any atom is 0.326 e. The van der Waals surface area contributed by atoms with Crippen LogP contribution in [-0.2, 0) is 38.4 Å². The first-order valence-corrected chi connectivity index (χ1v) is 23.2. The number of hydrogen-bond donors (Lipinski definition) is 16. The molecule has 0 saturated carbocycles. The number of carbonyl (C=O) groups excluding carboxylic acids is 6. The highest BCUT2D eigenvalue weighted by atomic mass is 16.4. The smallest absolute Gasteiger partial charge is 0.326 e. The van der Waals surface area contributed by atoms with Gasteiger partial charge in [-0.2, -0.15) is 0 Å². The lowest BCUT2D eigenvalue weighted by molar-refractivity contribution is -0.142. The van der Waals surface area contributed by atoms with Crippen LogP contribution >= 0.6 is 0 Å². The number of unbranched alkanes of at least 4 members (excludes halogenated alkanes) is 1. The van der Waals surface area contributed by atoms with Crippen molar-refractivity contribution in [1.29, 1.82) is 0 Å². The van der Waals surface area contributed by atoms with Crippen LogP contribution in [0.3, 0.4) is 0 Å². The first-order chi connectivity index (χ1) is 32.4.